The average Bonchev–Trinajstić information content (AvgIpc) is 1.96. The maximum atomic E-state index is 10.2. The van der Waals surface area contributed by atoms with Crippen LogP contribution in [0.1, 0.15) is 0 Å². The first kappa shape index (κ1) is 11.2. The predicted octanol–water partition coefficient (Wildman–Crippen LogP) is 3.53. The predicted molar refractivity (Wildman–Crippen MR) is 64.4 cm³/mol. The Balaban J connectivity index is 3.29. The third kappa shape index (κ3) is 3.09. The normalized spacial score (nSPS) is 11.8. The van der Waals surface area contributed by atoms with Crippen molar-refractivity contribution in [3.8, 4) is 0 Å². The lowest BCUT2D eigenvalue weighted by Crippen LogP contribution is -1.90. The second-order valence-corrected chi connectivity index (χ2v) is 4.89. The summed E-state index contributed by atoms with van der Waals surface area (Å²) in [5.41, 5.74) is 0.278. The van der Waals surface area contributed by atoms with Gasteiger partial charge in [-0.1, -0.05) is 11.6 Å². The molecule has 1 N–H and O–H groups in total. The molecule has 0 fully saturated rings. The smallest absolute Gasteiger partial charge is 0.171 e. The molecule has 0 amide bonds. The average molecular weight is 424 g/mol. The molecule has 13 heavy (non-hydrogen) atoms. The van der Waals surface area contributed by atoms with Gasteiger partial charge in [-0.15, -0.1) is 0 Å². The van der Waals surface area contributed by atoms with Crippen molar-refractivity contribution in [3.63, 3.8) is 0 Å². The van der Waals surface area contributed by atoms with Crippen molar-refractivity contribution < 1.29 is 10.2 Å². The molecule has 0 aliphatic heterocycles. The van der Waals surface area contributed by atoms with Crippen LogP contribution in [-0.2, 0) is 0 Å². The Labute approximate surface area is 106 Å². The summed E-state index contributed by atoms with van der Waals surface area (Å²) in [5, 5.41) is 21.7. The van der Waals surface area contributed by atoms with Gasteiger partial charge < -0.3 is 5.21 Å². The summed E-state index contributed by atoms with van der Waals surface area (Å²) in [6, 6.07) is 3.46. The Hall–Kier alpha value is 0.170. The maximum Gasteiger partial charge on any atom is 0.171 e. The van der Waals surface area contributed by atoms with E-state index >= 15 is 0 Å². The highest BCUT2D eigenvalue weighted by atomic mass is 127. The molecule has 1 rings (SSSR count). The molecule has 1 aromatic carbocycles. The summed E-state index contributed by atoms with van der Waals surface area (Å²) in [5.74, 6) is 0. The third-order valence-electron chi connectivity index (χ3n) is 1.17. The van der Waals surface area contributed by atoms with Gasteiger partial charge in [-0.3, -0.25) is 0 Å². The second kappa shape index (κ2) is 4.60. The van der Waals surface area contributed by atoms with Crippen LogP contribution < -0.4 is 0 Å². The van der Waals surface area contributed by atoms with E-state index in [-0.39, 0.29) is 5.69 Å². The van der Waals surface area contributed by atoms with Gasteiger partial charge in [0, 0.05) is 7.14 Å². The molecule has 0 atom stereocenters. The molecular weight excluding hydrogens is 421 g/mol. The molecule has 4 nitrogen and oxygen atoms in total. The van der Waals surface area contributed by atoms with E-state index in [4.69, 9.17) is 16.8 Å². The molecular formula is C6H3ClI2N2O2. The highest BCUT2D eigenvalue weighted by molar-refractivity contribution is 14.1. The zero-order valence-electron chi connectivity index (χ0n) is 6.04. The van der Waals surface area contributed by atoms with Crippen LogP contribution in [0.3, 0.4) is 0 Å². The minimum atomic E-state index is -0.504. The summed E-state index contributed by atoms with van der Waals surface area (Å²) in [7, 11) is 0. The maximum absolute atomic E-state index is 10.2. The number of hydrogen-bond acceptors (Lipinski definition) is 2. The van der Waals surface area contributed by atoms with E-state index in [1.54, 1.807) is 12.1 Å². The van der Waals surface area contributed by atoms with E-state index in [9.17, 15) is 5.21 Å². The van der Waals surface area contributed by atoms with E-state index < -0.39 is 5.02 Å². The SMILES string of the molecule is [O-]/[N+](O)=N/c1c(Cl)cc(I)cc1I. The van der Waals surface area contributed by atoms with E-state index in [0.717, 1.165) is 3.57 Å². The van der Waals surface area contributed by atoms with Gasteiger partial charge in [0.1, 0.15) is 0 Å². The van der Waals surface area contributed by atoms with Gasteiger partial charge in [0.15, 0.2) is 10.7 Å². The van der Waals surface area contributed by atoms with Crippen LogP contribution in [0.5, 0.6) is 0 Å². The van der Waals surface area contributed by atoms with Gasteiger partial charge in [-0.2, -0.15) is 0 Å². The standard InChI is InChI=1S/C6H3ClI2N2O2/c7-4-1-3(8)2-5(9)6(4)10-11(12)13/h1-2H,(H,10,12,13). The minimum absolute atomic E-state index is 0.278. The van der Waals surface area contributed by atoms with Crippen LogP contribution in [-0.4, -0.2) is 10.2 Å². The fourth-order valence-electron chi connectivity index (χ4n) is 0.716. The number of rotatable bonds is 1. The van der Waals surface area contributed by atoms with Crippen molar-refractivity contribution in [1.29, 1.82) is 0 Å². The fraction of sp³-hybridized carbons (Fsp3) is 0. The highest BCUT2D eigenvalue weighted by Crippen LogP contribution is 2.32. The molecule has 0 bridgehead atoms. The zero-order valence-corrected chi connectivity index (χ0v) is 11.1. The Morgan fingerprint density at radius 3 is 2.54 bits per heavy atom. The van der Waals surface area contributed by atoms with E-state index in [1.165, 1.54) is 0 Å². The van der Waals surface area contributed by atoms with Gasteiger partial charge in [0.25, 0.3) is 0 Å². The fourth-order valence-corrected chi connectivity index (χ4v) is 3.27. The van der Waals surface area contributed by atoms with Crippen molar-refractivity contribution in [2.45, 2.75) is 0 Å². The Kier molecular flexibility index (Phi) is 3.98. The third-order valence-corrected chi connectivity index (χ3v) is 2.90. The second-order valence-electron chi connectivity index (χ2n) is 2.07. The first-order valence-electron chi connectivity index (χ1n) is 3.03. The van der Waals surface area contributed by atoms with Crippen LogP contribution in [0, 0.1) is 12.3 Å². The molecule has 0 saturated carbocycles. The minimum Gasteiger partial charge on any atom is -0.394 e. The number of hydrogen-bond donors (Lipinski definition) is 1. The summed E-state index contributed by atoms with van der Waals surface area (Å²) < 4.78 is 1.66. The van der Waals surface area contributed by atoms with Crippen molar-refractivity contribution >= 4 is 62.5 Å². The summed E-state index contributed by atoms with van der Waals surface area (Å²) in [6.45, 7) is 0. The first-order valence-corrected chi connectivity index (χ1v) is 5.56. The van der Waals surface area contributed by atoms with Crippen LogP contribution in [0.4, 0.5) is 5.69 Å². The number of halogens is 3. The molecule has 0 saturated heterocycles. The molecule has 0 unspecified atom stereocenters. The lowest BCUT2D eigenvalue weighted by Gasteiger charge is -1.98. The van der Waals surface area contributed by atoms with Crippen LogP contribution in [0.15, 0.2) is 17.2 Å². The topological polar surface area (TPSA) is 58.7 Å². The molecule has 1 aromatic rings. The molecule has 0 aliphatic rings. The molecule has 0 spiro atoms. The molecule has 0 heterocycles. The van der Waals surface area contributed by atoms with Crippen LogP contribution in [0.25, 0.3) is 0 Å². The molecule has 70 valence electrons. The van der Waals surface area contributed by atoms with Crippen LogP contribution in [0.2, 0.25) is 5.02 Å². The highest BCUT2D eigenvalue weighted by Gasteiger charge is 2.09. The van der Waals surface area contributed by atoms with Crippen molar-refractivity contribution in [2.24, 2.45) is 5.11 Å². The van der Waals surface area contributed by atoms with Gasteiger partial charge in [0.05, 0.1) is 10.1 Å². The largest absolute Gasteiger partial charge is 0.394 e. The molecule has 0 aromatic heterocycles. The van der Waals surface area contributed by atoms with Gasteiger partial charge >= 0.3 is 0 Å². The first-order chi connectivity index (χ1) is 6.00. The van der Waals surface area contributed by atoms with Crippen molar-refractivity contribution in [2.75, 3.05) is 0 Å². The van der Waals surface area contributed by atoms with E-state index in [0.29, 0.717) is 8.59 Å². The summed E-state index contributed by atoms with van der Waals surface area (Å²) >= 11 is 9.88. The number of benzene rings is 1. The van der Waals surface area contributed by atoms with Crippen molar-refractivity contribution in [1.82, 2.24) is 0 Å². The Morgan fingerprint density at radius 2 is 2.08 bits per heavy atom. The Morgan fingerprint density at radius 1 is 1.46 bits per heavy atom. The lowest BCUT2D eigenvalue weighted by molar-refractivity contribution is -0.774. The monoisotopic (exact) mass is 424 g/mol. The van der Waals surface area contributed by atoms with E-state index in [1.807, 2.05) is 22.6 Å². The molecule has 0 radical (unpaired) electrons. The number of nitrogens with zero attached hydrogens (tertiary/aromatic N) is 2. The quantitative estimate of drug-likeness (QED) is 0.426. The zero-order chi connectivity index (χ0) is 10.0. The molecule has 0 aliphatic carbocycles. The molecule has 7 heteroatoms. The van der Waals surface area contributed by atoms with Gasteiger partial charge in [-0.25, -0.2) is 5.21 Å². The summed E-state index contributed by atoms with van der Waals surface area (Å²) in [4.78, 5) is 0. The lowest BCUT2D eigenvalue weighted by atomic mass is 10.3. The Bertz CT molecular complexity index is 343. The summed E-state index contributed by atoms with van der Waals surface area (Å²) in [6.07, 6.45) is 0. The van der Waals surface area contributed by atoms with Crippen molar-refractivity contribution in [3.05, 3.63) is 29.5 Å². The van der Waals surface area contributed by atoms with Gasteiger partial charge in [0.2, 0.25) is 0 Å². The van der Waals surface area contributed by atoms with Gasteiger partial charge in [-0.05, 0) is 57.3 Å². The van der Waals surface area contributed by atoms with E-state index in [2.05, 4.69) is 27.7 Å². The van der Waals surface area contributed by atoms with Crippen LogP contribution >= 0.6 is 56.8 Å².